The Bertz CT molecular complexity index is 369. The minimum atomic E-state index is -0.961. The van der Waals surface area contributed by atoms with E-state index in [4.69, 9.17) is 10.3 Å². The molecule has 2 atom stereocenters. The van der Waals surface area contributed by atoms with Gasteiger partial charge in [0.25, 0.3) is 5.91 Å². The van der Waals surface area contributed by atoms with E-state index in [0.29, 0.717) is 17.9 Å². The van der Waals surface area contributed by atoms with Crippen molar-refractivity contribution >= 4 is 17.8 Å². The number of amides is 2. The molecule has 1 aliphatic carbocycles. The van der Waals surface area contributed by atoms with Crippen LogP contribution in [0.15, 0.2) is 0 Å². The number of carboxylic acid groups (broad SMARTS) is 1. The van der Waals surface area contributed by atoms with Crippen molar-refractivity contribution in [3.05, 3.63) is 0 Å². The quantitative estimate of drug-likeness (QED) is 0.562. The summed E-state index contributed by atoms with van der Waals surface area (Å²) in [5.74, 6) is -3.17. The molecule has 2 amide bonds. The van der Waals surface area contributed by atoms with Crippen molar-refractivity contribution in [2.75, 3.05) is 20.6 Å². The highest BCUT2D eigenvalue weighted by atomic mass is 16.5. The first-order valence-electron chi connectivity index (χ1n) is 6.27. The summed E-state index contributed by atoms with van der Waals surface area (Å²) in [7, 11) is 2.62. The fourth-order valence-electron chi connectivity index (χ4n) is 2.39. The van der Waals surface area contributed by atoms with Crippen LogP contribution in [0, 0.1) is 11.8 Å². The Morgan fingerprint density at radius 1 is 1.11 bits per heavy atom. The normalized spacial score (nSPS) is 22.7. The number of aliphatic carboxylic acids is 1. The fraction of sp³-hybridized carbons (Fsp3) is 0.750. The molecule has 108 valence electrons. The molecule has 19 heavy (non-hydrogen) atoms. The van der Waals surface area contributed by atoms with Crippen LogP contribution in [0.3, 0.4) is 0 Å². The standard InChI is InChI=1S/C12H20N2O5/c1-13(7-10(15)14(2)19)11(16)8-5-3-4-6-9(8)12(17)18/h8-9,19H,3-7H2,1-2H3,(H,17,18)/t8-,9+/m0/s1. The van der Waals surface area contributed by atoms with Gasteiger partial charge in [-0.2, -0.15) is 0 Å². The number of carbonyl (C=O) groups is 3. The second-order valence-corrected chi connectivity index (χ2v) is 4.95. The summed E-state index contributed by atoms with van der Waals surface area (Å²) in [6.07, 6.45) is 2.65. The molecule has 0 aromatic heterocycles. The molecule has 1 fully saturated rings. The smallest absolute Gasteiger partial charge is 0.307 e. The molecule has 0 unspecified atom stereocenters. The lowest BCUT2D eigenvalue weighted by atomic mass is 9.78. The van der Waals surface area contributed by atoms with Crippen LogP contribution in [0.5, 0.6) is 0 Å². The molecule has 0 aromatic carbocycles. The number of nitrogens with zero attached hydrogens (tertiary/aromatic N) is 2. The lowest BCUT2D eigenvalue weighted by molar-refractivity contribution is -0.163. The van der Waals surface area contributed by atoms with Crippen molar-refractivity contribution in [1.29, 1.82) is 0 Å². The number of rotatable bonds is 4. The van der Waals surface area contributed by atoms with Gasteiger partial charge < -0.3 is 10.0 Å². The van der Waals surface area contributed by atoms with E-state index in [2.05, 4.69) is 0 Å². The zero-order valence-corrected chi connectivity index (χ0v) is 11.2. The second kappa shape index (κ2) is 6.51. The number of hydrogen-bond acceptors (Lipinski definition) is 4. The number of hydroxylamine groups is 2. The Kier molecular flexibility index (Phi) is 5.29. The summed E-state index contributed by atoms with van der Waals surface area (Å²) in [5, 5.41) is 18.5. The van der Waals surface area contributed by atoms with Gasteiger partial charge in [0.1, 0.15) is 6.54 Å². The van der Waals surface area contributed by atoms with Gasteiger partial charge in [-0.3, -0.25) is 19.6 Å². The molecule has 2 N–H and O–H groups in total. The van der Waals surface area contributed by atoms with E-state index in [0.717, 1.165) is 12.8 Å². The van der Waals surface area contributed by atoms with E-state index in [9.17, 15) is 14.4 Å². The zero-order valence-electron chi connectivity index (χ0n) is 11.2. The minimum Gasteiger partial charge on any atom is -0.481 e. The van der Waals surface area contributed by atoms with Crippen molar-refractivity contribution in [1.82, 2.24) is 9.96 Å². The fourth-order valence-corrected chi connectivity index (χ4v) is 2.39. The molecule has 0 spiro atoms. The lowest BCUT2D eigenvalue weighted by Crippen LogP contribution is -2.44. The molecule has 0 radical (unpaired) electrons. The highest BCUT2D eigenvalue weighted by Gasteiger charge is 2.37. The van der Waals surface area contributed by atoms with E-state index in [1.807, 2.05) is 0 Å². The summed E-state index contributed by atoms with van der Waals surface area (Å²) in [6.45, 7) is -0.255. The summed E-state index contributed by atoms with van der Waals surface area (Å²) >= 11 is 0. The molecule has 7 nitrogen and oxygen atoms in total. The van der Waals surface area contributed by atoms with Crippen molar-refractivity contribution in [3.63, 3.8) is 0 Å². The van der Waals surface area contributed by atoms with Crippen molar-refractivity contribution < 1.29 is 24.7 Å². The van der Waals surface area contributed by atoms with Crippen molar-refractivity contribution in [2.45, 2.75) is 25.7 Å². The number of likely N-dealkylation sites (N-methyl/N-ethyl adjacent to an activating group) is 2. The van der Waals surface area contributed by atoms with Crippen LogP contribution in [0.4, 0.5) is 0 Å². The van der Waals surface area contributed by atoms with Crippen LogP contribution in [0.2, 0.25) is 0 Å². The molecule has 0 aromatic rings. The summed E-state index contributed by atoms with van der Waals surface area (Å²) < 4.78 is 0. The Labute approximate surface area is 111 Å². The first kappa shape index (κ1) is 15.4. The van der Waals surface area contributed by atoms with E-state index in [1.165, 1.54) is 19.0 Å². The van der Waals surface area contributed by atoms with Gasteiger partial charge in [0.05, 0.1) is 11.8 Å². The predicted octanol–water partition coefficient (Wildman–Crippen LogP) is 0.183. The second-order valence-electron chi connectivity index (χ2n) is 4.95. The molecule has 1 rings (SSSR count). The van der Waals surface area contributed by atoms with Gasteiger partial charge in [-0.25, -0.2) is 5.06 Å². The van der Waals surface area contributed by atoms with Crippen LogP contribution in [-0.2, 0) is 14.4 Å². The molecular weight excluding hydrogens is 252 g/mol. The maximum absolute atomic E-state index is 12.2. The Morgan fingerprint density at radius 2 is 1.63 bits per heavy atom. The Hall–Kier alpha value is -1.63. The van der Waals surface area contributed by atoms with Gasteiger partial charge in [-0.15, -0.1) is 0 Å². The zero-order chi connectivity index (χ0) is 14.6. The van der Waals surface area contributed by atoms with Crippen molar-refractivity contribution in [3.8, 4) is 0 Å². The maximum atomic E-state index is 12.2. The Balaban J connectivity index is 2.68. The maximum Gasteiger partial charge on any atom is 0.307 e. The van der Waals surface area contributed by atoms with E-state index < -0.39 is 23.7 Å². The summed E-state index contributed by atoms with van der Waals surface area (Å²) in [6, 6.07) is 0. The molecule has 1 aliphatic rings. The number of carbonyl (C=O) groups excluding carboxylic acids is 2. The van der Waals surface area contributed by atoms with E-state index in [1.54, 1.807) is 0 Å². The first-order chi connectivity index (χ1) is 8.84. The lowest BCUT2D eigenvalue weighted by Gasteiger charge is -2.30. The number of carboxylic acids is 1. The van der Waals surface area contributed by atoms with Crippen LogP contribution < -0.4 is 0 Å². The van der Waals surface area contributed by atoms with E-state index in [-0.39, 0.29) is 12.5 Å². The highest BCUT2D eigenvalue weighted by molar-refractivity contribution is 5.88. The van der Waals surface area contributed by atoms with Gasteiger partial charge in [-0.1, -0.05) is 12.8 Å². The third kappa shape index (κ3) is 3.92. The third-order valence-electron chi connectivity index (χ3n) is 3.51. The van der Waals surface area contributed by atoms with Gasteiger partial charge in [0.15, 0.2) is 0 Å². The molecule has 7 heteroatoms. The van der Waals surface area contributed by atoms with Crippen LogP contribution in [0.25, 0.3) is 0 Å². The molecule has 0 heterocycles. The molecule has 1 saturated carbocycles. The predicted molar refractivity (Wildman–Crippen MR) is 65.3 cm³/mol. The topological polar surface area (TPSA) is 98.2 Å². The average Bonchev–Trinajstić information content (AvgIpc) is 2.37. The van der Waals surface area contributed by atoms with Gasteiger partial charge in [0.2, 0.25) is 5.91 Å². The van der Waals surface area contributed by atoms with Crippen LogP contribution in [0.1, 0.15) is 25.7 Å². The third-order valence-corrected chi connectivity index (χ3v) is 3.51. The monoisotopic (exact) mass is 272 g/mol. The summed E-state index contributed by atoms with van der Waals surface area (Å²) in [5.41, 5.74) is 0. The number of hydrogen-bond donors (Lipinski definition) is 2. The average molecular weight is 272 g/mol. The molecular formula is C12H20N2O5. The minimum absolute atomic E-state index is 0.255. The van der Waals surface area contributed by atoms with Crippen LogP contribution >= 0.6 is 0 Å². The largest absolute Gasteiger partial charge is 0.481 e. The summed E-state index contributed by atoms with van der Waals surface area (Å²) in [4.78, 5) is 35.8. The van der Waals surface area contributed by atoms with Crippen molar-refractivity contribution in [2.24, 2.45) is 11.8 Å². The van der Waals surface area contributed by atoms with Gasteiger partial charge in [-0.05, 0) is 12.8 Å². The highest BCUT2D eigenvalue weighted by Crippen LogP contribution is 2.31. The molecule has 0 saturated heterocycles. The first-order valence-corrected chi connectivity index (χ1v) is 6.27. The Morgan fingerprint density at radius 3 is 2.11 bits per heavy atom. The van der Waals surface area contributed by atoms with Gasteiger partial charge >= 0.3 is 5.97 Å². The molecule has 0 aliphatic heterocycles. The molecule has 0 bridgehead atoms. The van der Waals surface area contributed by atoms with Gasteiger partial charge in [0, 0.05) is 14.1 Å². The van der Waals surface area contributed by atoms with E-state index >= 15 is 0 Å². The SMILES string of the molecule is CN(O)C(=O)CN(C)C(=O)[C@H]1CCCC[C@H]1C(=O)O. The van der Waals surface area contributed by atoms with Crippen LogP contribution in [-0.4, -0.2) is 58.7 Å².